The van der Waals surface area contributed by atoms with Crippen molar-refractivity contribution in [1.29, 1.82) is 0 Å². The summed E-state index contributed by atoms with van der Waals surface area (Å²) in [6.07, 6.45) is -10.4. The van der Waals surface area contributed by atoms with Crippen molar-refractivity contribution in [3.8, 4) is 0 Å². The van der Waals surface area contributed by atoms with Gasteiger partial charge in [0.15, 0.2) is 0 Å². The summed E-state index contributed by atoms with van der Waals surface area (Å²) in [5.41, 5.74) is 0. The molecule has 22 heavy (non-hydrogen) atoms. The summed E-state index contributed by atoms with van der Waals surface area (Å²) in [6.45, 7) is 0. The first kappa shape index (κ1) is 42.8. The normalized spacial score (nSPS) is 5.45. The summed E-state index contributed by atoms with van der Waals surface area (Å²) in [6, 6.07) is 0. The van der Waals surface area contributed by atoms with E-state index < -0.39 is 30.8 Å². The number of carboxylic acid groups (broad SMARTS) is 10. The largest absolute Gasteiger partial charge is 4.00 e. The first-order chi connectivity index (χ1) is 8.66. The van der Waals surface area contributed by atoms with Gasteiger partial charge in [0.05, 0.1) is 0 Å². The van der Waals surface area contributed by atoms with E-state index in [-0.39, 0.29) is 26.3 Å². The van der Waals surface area contributed by atoms with Gasteiger partial charge in [0, 0.05) is 0 Å². The Morgan fingerprint density at radius 2 is 0.455 bits per heavy atom. The molecule has 0 saturated heterocycles. The first-order valence-electron chi connectivity index (χ1n) is 3.16. The van der Waals surface area contributed by atoms with Crippen LogP contribution in [0, 0.1) is 7.43 Å². The van der Waals surface area contributed by atoms with E-state index in [9.17, 15) is 0 Å². The maximum Gasteiger partial charge on any atom is 4.00 e. The third-order valence-electron chi connectivity index (χ3n) is 0. The molecule has 0 bridgehead atoms. The van der Waals surface area contributed by atoms with Crippen molar-refractivity contribution in [2.75, 3.05) is 0 Å². The van der Waals surface area contributed by atoms with Gasteiger partial charge in [0.2, 0.25) is 30.8 Å². The van der Waals surface area contributed by atoms with Gasteiger partial charge in [-0.25, -0.2) is 0 Å². The van der Waals surface area contributed by atoms with Crippen LogP contribution in [0.25, 0.3) is 0 Å². The van der Waals surface area contributed by atoms with Crippen LogP contribution in [0.5, 0.6) is 0 Å². The number of rotatable bonds is 0. The molecule has 0 amide bonds. The molecule has 0 radical (unpaired) electrons. The smallest absolute Gasteiger partial charge is 0.565 e. The third-order valence-corrected chi connectivity index (χ3v) is 0. The molecule has 0 fully saturated rings. The molecule has 0 heterocycles. The topological polar surface area (TPSA) is 302 Å². The maximum absolute atomic E-state index is 8.44. The number of hydrogen-bond acceptors (Lipinski definition) is 10. The minimum atomic E-state index is -2.08. The van der Waals surface area contributed by atoms with E-state index in [2.05, 4.69) is 0 Å². The van der Waals surface area contributed by atoms with Gasteiger partial charge in [0.25, 0.3) is 0 Å². The van der Waals surface area contributed by atoms with Crippen molar-refractivity contribution in [3.05, 3.63) is 7.43 Å². The average Bonchev–Trinajstić information content (AvgIpc) is 1.94. The summed E-state index contributed by atoms with van der Waals surface area (Å²) in [4.78, 5) is 42.2. The fourth-order valence-electron chi connectivity index (χ4n) is 0. The van der Waals surface area contributed by atoms with Crippen molar-refractivity contribution in [2.24, 2.45) is 0 Å². The third kappa shape index (κ3) is 463. The molecule has 15 nitrogen and oxygen atoms in total. The van der Waals surface area contributed by atoms with Crippen LogP contribution in [0.1, 0.15) is 0 Å². The number of carbonyl (C=O) groups is 5. The average molecular weight is 324 g/mol. The van der Waals surface area contributed by atoms with Crippen LogP contribution in [-0.4, -0.2) is 56.3 Å². The molecule has 0 saturated carbocycles. The van der Waals surface area contributed by atoms with Gasteiger partial charge in [0.1, 0.15) is 0 Å². The number of hydrogen-bond donors (Lipinski definition) is 5. The van der Waals surface area contributed by atoms with Crippen molar-refractivity contribution in [1.82, 2.24) is 0 Å². The van der Waals surface area contributed by atoms with E-state index in [1.54, 1.807) is 0 Å². The fourth-order valence-corrected chi connectivity index (χ4v) is 0. The summed E-state index contributed by atoms with van der Waals surface area (Å²) in [5.74, 6) is 0. The second-order valence-corrected chi connectivity index (χ2v) is 1.33. The standard InChI is InChI=1S/5CH2O3.C.Li/c5*2-1(3)4;;/h5*(H2,2,3,4);;/q;;;;;+4;+1/p-5. The molecule has 120 valence electrons. The first-order valence-corrected chi connectivity index (χ1v) is 3.16. The predicted octanol–water partition coefficient (Wildman–Crippen LogP) is -8.48. The summed E-state index contributed by atoms with van der Waals surface area (Å²) in [7, 11) is 0. The SMILES string of the molecule is O=C([O-])O.O=C([O-])O.O=C([O-])O.O=C([O-])O.O=C([O-])O.[C+4].[Li+]. The van der Waals surface area contributed by atoms with Crippen molar-refractivity contribution in [2.45, 2.75) is 0 Å². The maximum atomic E-state index is 8.44. The van der Waals surface area contributed by atoms with Crippen LogP contribution >= 0.6 is 0 Å². The Morgan fingerprint density at radius 1 is 0.455 bits per heavy atom. The molecule has 5 N–H and O–H groups in total. The van der Waals surface area contributed by atoms with Gasteiger partial charge in [-0.2, -0.15) is 0 Å². The molecular weight excluding hydrogens is 319 g/mol. The van der Waals surface area contributed by atoms with Crippen LogP contribution in [0.2, 0.25) is 0 Å². The zero-order valence-electron chi connectivity index (χ0n) is 10.3. The van der Waals surface area contributed by atoms with Gasteiger partial charge in [-0.15, -0.1) is 0 Å². The predicted molar refractivity (Wildman–Crippen MR) is 43.4 cm³/mol. The van der Waals surface area contributed by atoms with Crippen molar-refractivity contribution in [3.63, 3.8) is 0 Å². The van der Waals surface area contributed by atoms with E-state index in [1.165, 1.54) is 0 Å². The zero-order chi connectivity index (χ0) is 17.9. The second kappa shape index (κ2) is 36.1. The Labute approximate surface area is 133 Å². The van der Waals surface area contributed by atoms with E-state index in [4.69, 9.17) is 75.0 Å². The minimum absolute atomic E-state index is 0. The Kier molecular flexibility index (Phi) is 70.2. The quantitative estimate of drug-likeness (QED) is 0.258. The van der Waals surface area contributed by atoms with Crippen molar-refractivity contribution >= 4 is 30.8 Å². The summed E-state index contributed by atoms with van der Waals surface area (Å²) < 4.78 is 0. The van der Waals surface area contributed by atoms with E-state index in [1.807, 2.05) is 0 Å². The molecule has 0 aromatic carbocycles. The molecule has 0 aliphatic carbocycles. The van der Waals surface area contributed by atoms with Crippen molar-refractivity contribution < 1.29 is 93.9 Å². The molecule has 0 aromatic rings. The molecule has 0 aromatic heterocycles. The van der Waals surface area contributed by atoms with E-state index >= 15 is 0 Å². The summed E-state index contributed by atoms with van der Waals surface area (Å²) >= 11 is 0. The Morgan fingerprint density at radius 3 is 0.455 bits per heavy atom. The van der Waals surface area contributed by atoms with Gasteiger partial charge in [-0.3, -0.25) is 0 Å². The van der Waals surface area contributed by atoms with Gasteiger partial charge in [-0.1, -0.05) is 0 Å². The Balaban J connectivity index is -0.0000000250. The second-order valence-electron chi connectivity index (χ2n) is 1.33. The van der Waals surface area contributed by atoms with Crippen LogP contribution < -0.4 is 44.4 Å². The van der Waals surface area contributed by atoms with E-state index in [0.717, 1.165) is 0 Å². The fraction of sp³-hybridized carbons (Fsp3) is 0. The molecule has 0 spiro atoms. The molecule has 0 unspecified atom stereocenters. The molecule has 0 aliphatic heterocycles. The van der Waals surface area contributed by atoms with Gasteiger partial charge < -0.3 is 75.0 Å². The zero-order valence-corrected chi connectivity index (χ0v) is 10.3. The van der Waals surface area contributed by atoms with Gasteiger partial charge in [-0.05, 0) is 0 Å². The van der Waals surface area contributed by atoms with Crippen LogP contribution in [-0.2, 0) is 0 Å². The van der Waals surface area contributed by atoms with E-state index in [0.29, 0.717) is 0 Å². The molecule has 0 rings (SSSR count). The van der Waals surface area contributed by atoms with Crippen LogP contribution in [0.4, 0.5) is 24.0 Å². The summed E-state index contributed by atoms with van der Waals surface area (Å²) in [5, 5.41) is 76.5. The molecule has 0 aliphatic rings. The van der Waals surface area contributed by atoms with Crippen LogP contribution in [0.15, 0.2) is 0 Å². The monoisotopic (exact) mass is 324 g/mol. The molecule has 0 atom stereocenters. The Hall–Kier alpha value is -3.05. The Bertz CT molecular complexity index is 209. The molecule has 16 heteroatoms. The molecular formula is C6H5LiO15. The van der Waals surface area contributed by atoms with Crippen LogP contribution in [0.3, 0.4) is 0 Å². The van der Waals surface area contributed by atoms with Gasteiger partial charge >= 0.3 is 26.3 Å². The minimum Gasteiger partial charge on any atom is -0.565 e.